The standard InChI is InChI=1S/C8H18N2O2/c1-6(9)7(11)10-5-8(2,3)12-4/h6H,5,9H2,1-4H3,(H,10,11)/t6-/m1/s1. The summed E-state index contributed by atoms with van der Waals surface area (Å²) in [4.78, 5) is 11.0. The molecule has 0 radical (unpaired) electrons. The van der Waals surface area contributed by atoms with E-state index in [1.807, 2.05) is 13.8 Å². The number of rotatable bonds is 4. The van der Waals surface area contributed by atoms with E-state index < -0.39 is 6.04 Å². The molecule has 3 N–H and O–H groups in total. The predicted molar refractivity (Wildman–Crippen MR) is 47.7 cm³/mol. The van der Waals surface area contributed by atoms with Crippen LogP contribution in [0.2, 0.25) is 0 Å². The number of hydrogen-bond acceptors (Lipinski definition) is 3. The van der Waals surface area contributed by atoms with Crippen LogP contribution in [0.3, 0.4) is 0 Å². The first-order valence-electron chi connectivity index (χ1n) is 3.97. The predicted octanol–water partition coefficient (Wildman–Crippen LogP) is -0.125. The fourth-order valence-corrected chi connectivity index (χ4v) is 0.533. The van der Waals surface area contributed by atoms with Crippen LogP contribution >= 0.6 is 0 Å². The Bertz CT molecular complexity index is 155. The number of methoxy groups -OCH3 is 1. The van der Waals surface area contributed by atoms with Crippen LogP contribution in [0.5, 0.6) is 0 Å². The number of hydrogen-bond donors (Lipinski definition) is 2. The molecule has 4 heteroatoms. The van der Waals surface area contributed by atoms with Gasteiger partial charge in [0.1, 0.15) is 0 Å². The molecule has 0 bridgehead atoms. The minimum absolute atomic E-state index is 0.153. The van der Waals surface area contributed by atoms with E-state index in [4.69, 9.17) is 10.5 Å². The van der Waals surface area contributed by atoms with Gasteiger partial charge in [-0.3, -0.25) is 4.79 Å². The normalized spacial score (nSPS) is 14.1. The first-order valence-corrected chi connectivity index (χ1v) is 3.97. The third-order valence-corrected chi connectivity index (χ3v) is 1.65. The second-order valence-electron chi connectivity index (χ2n) is 3.47. The van der Waals surface area contributed by atoms with E-state index in [-0.39, 0.29) is 11.5 Å². The van der Waals surface area contributed by atoms with Crippen LogP contribution in [-0.2, 0) is 9.53 Å². The molecule has 1 amide bonds. The molecule has 0 heterocycles. The molecule has 0 aliphatic heterocycles. The molecule has 0 rings (SSSR count). The first kappa shape index (κ1) is 11.4. The molecule has 0 unspecified atom stereocenters. The highest BCUT2D eigenvalue weighted by atomic mass is 16.5. The lowest BCUT2D eigenvalue weighted by Crippen LogP contribution is -2.45. The van der Waals surface area contributed by atoms with Crippen LogP contribution in [0, 0.1) is 0 Å². The summed E-state index contributed by atoms with van der Waals surface area (Å²) in [6.45, 7) is 5.92. The lowest BCUT2D eigenvalue weighted by atomic mass is 10.1. The molecule has 4 nitrogen and oxygen atoms in total. The number of amides is 1. The Kier molecular flexibility index (Phi) is 4.20. The SMILES string of the molecule is COC(C)(C)CNC(=O)[C@@H](C)N. The highest BCUT2D eigenvalue weighted by molar-refractivity contribution is 5.80. The number of ether oxygens (including phenoxy) is 1. The summed E-state index contributed by atoms with van der Waals surface area (Å²) in [6, 6.07) is -0.461. The number of carbonyl (C=O) groups excluding carboxylic acids is 1. The van der Waals surface area contributed by atoms with Gasteiger partial charge in [-0.2, -0.15) is 0 Å². The van der Waals surface area contributed by atoms with Crippen molar-refractivity contribution in [2.24, 2.45) is 5.73 Å². The van der Waals surface area contributed by atoms with Gasteiger partial charge in [-0.1, -0.05) is 0 Å². The van der Waals surface area contributed by atoms with E-state index in [1.54, 1.807) is 14.0 Å². The second kappa shape index (κ2) is 4.42. The highest BCUT2D eigenvalue weighted by Crippen LogP contribution is 2.04. The minimum atomic E-state index is -0.461. The number of carbonyl (C=O) groups is 1. The maximum Gasteiger partial charge on any atom is 0.236 e. The number of nitrogens with two attached hydrogens (primary N) is 1. The molecule has 0 spiro atoms. The van der Waals surface area contributed by atoms with Gasteiger partial charge >= 0.3 is 0 Å². The smallest absolute Gasteiger partial charge is 0.236 e. The molecule has 0 saturated carbocycles. The topological polar surface area (TPSA) is 64.3 Å². The zero-order chi connectivity index (χ0) is 9.78. The van der Waals surface area contributed by atoms with Gasteiger partial charge in [0.2, 0.25) is 5.91 Å². The van der Waals surface area contributed by atoms with Crippen molar-refractivity contribution in [1.29, 1.82) is 0 Å². The summed E-state index contributed by atoms with van der Waals surface area (Å²) >= 11 is 0. The Labute approximate surface area is 73.5 Å². The van der Waals surface area contributed by atoms with Gasteiger partial charge in [0.25, 0.3) is 0 Å². The summed E-state index contributed by atoms with van der Waals surface area (Å²) in [6.07, 6.45) is 0. The summed E-state index contributed by atoms with van der Waals surface area (Å²) in [5, 5.41) is 2.68. The van der Waals surface area contributed by atoms with Gasteiger partial charge in [-0.05, 0) is 20.8 Å². The van der Waals surface area contributed by atoms with Gasteiger partial charge < -0.3 is 15.8 Å². The maximum atomic E-state index is 11.0. The zero-order valence-electron chi connectivity index (χ0n) is 8.18. The van der Waals surface area contributed by atoms with Crippen LogP contribution in [0.4, 0.5) is 0 Å². The lowest BCUT2D eigenvalue weighted by molar-refractivity contribution is -0.123. The molecule has 0 saturated heterocycles. The quantitative estimate of drug-likeness (QED) is 0.624. The van der Waals surface area contributed by atoms with Crippen LogP contribution in [0.15, 0.2) is 0 Å². The third kappa shape index (κ3) is 4.31. The molecule has 72 valence electrons. The van der Waals surface area contributed by atoms with Gasteiger partial charge in [-0.15, -0.1) is 0 Å². The van der Waals surface area contributed by atoms with Gasteiger partial charge in [0.15, 0.2) is 0 Å². The summed E-state index contributed by atoms with van der Waals surface area (Å²) in [5.74, 6) is -0.153. The van der Waals surface area contributed by atoms with Crippen molar-refractivity contribution < 1.29 is 9.53 Å². The fourth-order valence-electron chi connectivity index (χ4n) is 0.533. The average molecular weight is 174 g/mol. The highest BCUT2D eigenvalue weighted by Gasteiger charge is 2.18. The van der Waals surface area contributed by atoms with Crippen molar-refractivity contribution in [2.45, 2.75) is 32.4 Å². The van der Waals surface area contributed by atoms with Crippen molar-refractivity contribution >= 4 is 5.91 Å². The molecule has 0 fully saturated rings. The van der Waals surface area contributed by atoms with Crippen LogP contribution < -0.4 is 11.1 Å². The zero-order valence-corrected chi connectivity index (χ0v) is 8.18. The fraction of sp³-hybridized carbons (Fsp3) is 0.875. The largest absolute Gasteiger partial charge is 0.377 e. The second-order valence-corrected chi connectivity index (χ2v) is 3.47. The van der Waals surface area contributed by atoms with Crippen LogP contribution in [0.25, 0.3) is 0 Å². The maximum absolute atomic E-state index is 11.0. The van der Waals surface area contributed by atoms with Crippen molar-refractivity contribution in [3.8, 4) is 0 Å². The minimum Gasteiger partial charge on any atom is -0.377 e. The average Bonchev–Trinajstić information content (AvgIpc) is 2.00. The van der Waals surface area contributed by atoms with Crippen LogP contribution in [0.1, 0.15) is 20.8 Å². The molecular weight excluding hydrogens is 156 g/mol. The van der Waals surface area contributed by atoms with E-state index >= 15 is 0 Å². The summed E-state index contributed by atoms with van der Waals surface area (Å²) in [5.41, 5.74) is 5.03. The van der Waals surface area contributed by atoms with Crippen LogP contribution in [-0.4, -0.2) is 31.2 Å². The molecule has 0 aromatic heterocycles. The van der Waals surface area contributed by atoms with E-state index in [2.05, 4.69) is 5.32 Å². The van der Waals surface area contributed by atoms with E-state index in [0.717, 1.165) is 0 Å². The molecular formula is C8H18N2O2. The van der Waals surface area contributed by atoms with Crippen molar-refractivity contribution in [2.75, 3.05) is 13.7 Å². The third-order valence-electron chi connectivity index (χ3n) is 1.65. The summed E-state index contributed by atoms with van der Waals surface area (Å²) < 4.78 is 5.11. The van der Waals surface area contributed by atoms with E-state index in [0.29, 0.717) is 6.54 Å². The Morgan fingerprint density at radius 2 is 2.17 bits per heavy atom. The Morgan fingerprint density at radius 1 is 1.67 bits per heavy atom. The van der Waals surface area contributed by atoms with Crippen molar-refractivity contribution in [3.05, 3.63) is 0 Å². The van der Waals surface area contributed by atoms with E-state index in [9.17, 15) is 4.79 Å². The summed E-state index contributed by atoms with van der Waals surface area (Å²) in [7, 11) is 1.61. The Morgan fingerprint density at radius 3 is 2.50 bits per heavy atom. The van der Waals surface area contributed by atoms with E-state index in [1.165, 1.54) is 0 Å². The number of nitrogens with one attached hydrogen (secondary N) is 1. The molecule has 0 aromatic rings. The van der Waals surface area contributed by atoms with Crippen molar-refractivity contribution in [3.63, 3.8) is 0 Å². The Hall–Kier alpha value is -0.610. The van der Waals surface area contributed by atoms with Crippen molar-refractivity contribution in [1.82, 2.24) is 5.32 Å². The monoisotopic (exact) mass is 174 g/mol. The molecule has 12 heavy (non-hydrogen) atoms. The lowest BCUT2D eigenvalue weighted by Gasteiger charge is -2.23. The Balaban J connectivity index is 3.76. The first-order chi connectivity index (χ1) is 5.39. The van der Waals surface area contributed by atoms with Gasteiger partial charge in [-0.25, -0.2) is 0 Å². The molecule has 0 aliphatic rings. The van der Waals surface area contributed by atoms with Gasteiger partial charge in [0.05, 0.1) is 11.6 Å². The molecule has 0 aliphatic carbocycles. The van der Waals surface area contributed by atoms with Gasteiger partial charge in [0, 0.05) is 13.7 Å². The molecule has 1 atom stereocenters. The molecule has 0 aromatic carbocycles.